The molecule has 1 atom stereocenters. The quantitative estimate of drug-likeness (QED) is 0.593. The Balaban J connectivity index is 1.87. The topological polar surface area (TPSA) is 97.6 Å². The van der Waals surface area contributed by atoms with Crippen LogP contribution in [0.4, 0.5) is 5.69 Å². The van der Waals surface area contributed by atoms with Gasteiger partial charge < -0.3 is 19.8 Å². The van der Waals surface area contributed by atoms with Crippen molar-refractivity contribution >= 4 is 28.5 Å². The summed E-state index contributed by atoms with van der Waals surface area (Å²) in [5.41, 5.74) is 3.39. The van der Waals surface area contributed by atoms with Gasteiger partial charge in [-0.15, -0.1) is 0 Å². The SMILES string of the molecule is CNC(=O)Cc1ccccc1NC(=O)C(C)Oc1cc(C)cc2oc(=O)c(C)c(C)c12. The molecule has 0 saturated heterocycles. The Kier molecular flexibility index (Phi) is 6.44. The lowest BCUT2D eigenvalue weighted by Crippen LogP contribution is -2.31. The lowest BCUT2D eigenvalue weighted by atomic mass is 10.0. The van der Waals surface area contributed by atoms with Crippen LogP contribution in [-0.2, 0) is 16.0 Å². The predicted octanol–water partition coefficient (Wildman–Crippen LogP) is 3.41. The molecule has 1 aromatic heterocycles. The molecule has 0 aliphatic rings. The summed E-state index contributed by atoms with van der Waals surface area (Å²) in [4.78, 5) is 36.6. The van der Waals surface area contributed by atoms with Gasteiger partial charge in [-0.3, -0.25) is 9.59 Å². The van der Waals surface area contributed by atoms with E-state index in [4.69, 9.17) is 9.15 Å². The minimum absolute atomic E-state index is 0.149. The van der Waals surface area contributed by atoms with Crippen LogP contribution in [0.1, 0.15) is 29.2 Å². The van der Waals surface area contributed by atoms with Crippen molar-refractivity contribution in [2.45, 2.75) is 40.2 Å². The molecule has 162 valence electrons. The van der Waals surface area contributed by atoms with Gasteiger partial charge in [0.25, 0.3) is 5.91 Å². The Bertz CT molecular complexity index is 1210. The van der Waals surface area contributed by atoms with Gasteiger partial charge in [-0.05, 0) is 62.6 Å². The van der Waals surface area contributed by atoms with Gasteiger partial charge in [0.2, 0.25) is 5.91 Å². The molecule has 7 nitrogen and oxygen atoms in total. The molecule has 2 amide bonds. The number of anilines is 1. The number of benzene rings is 2. The highest BCUT2D eigenvalue weighted by molar-refractivity contribution is 5.96. The van der Waals surface area contributed by atoms with Gasteiger partial charge in [-0.2, -0.15) is 0 Å². The highest BCUT2D eigenvalue weighted by atomic mass is 16.5. The number of aryl methyl sites for hydroxylation is 2. The largest absolute Gasteiger partial charge is 0.480 e. The van der Waals surface area contributed by atoms with Crippen molar-refractivity contribution < 1.29 is 18.7 Å². The van der Waals surface area contributed by atoms with E-state index >= 15 is 0 Å². The maximum Gasteiger partial charge on any atom is 0.339 e. The fourth-order valence-electron chi connectivity index (χ4n) is 3.32. The minimum atomic E-state index is -0.829. The monoisotopic (exact) mass is 422 g/mol. The summed E-state index contributed by atoms with van der Waals surface area (Å²) < 4.78 is 11.4. The Hall–Kier alpha value is -3.61. The molecule has 31 heavy (non-hydrogen) atoms. The number of hydrogen-bond acceptors (Lipinski definition) is 5. The number of carbonyl (C=O) groups is 2. The van der Waals surface area contributed by atoms with Crippen LogP contribution < -0.4 is 21.0 Å². The van der Waals surface area contributed by atoms with Gasteiger partial charge in [0.1, 0.15) is 11.3 Å². The van der Waals surface area contributed by atoms with Crippen molar-refractivity contribution in [3.63, 3.8) is 0 Å². The zero-order valence-corrected chi connectivity index (χ0v) is 18.3. The summed E-state index contributed by atoms with van der Waals surface area (Å²) in [6, 6.07) is 10.7. The van der Waals surface area contributed by atoms with Crippen LogP contribution in [0.15, 0.2) is 45.6 Å². The third-order valence-electron chi connectivity index (χ3n) is 5.23. The molecular weight excluding hydrogens is 396 g/mol. The highest BCUT2D eigenvalue weighted by Crippen LogP contribution is 2.31. The number of ether oxygens (including phenoxy) is 1. The number of amides is 2. The van der Waals surface area contributed by atoms with Crippen LogP contribution in [0.5, 0.6) is 5.75 Å². The summed E-state index contributed by atoms with van der Waals surface area (Å²) in [6.45, 7) is 7.04. The molecule has 7 heteroatoms. The van der Waals surface area contributed by atoms with Crippen molar-refractivity contribution in [1.29, 1.82) is 0 Å². The molecule has 0 radical (unpaired) electrons. The highest BCUT2D eigenvalue weighted by Gasteiger charge is 2.20. The van der Waals surface area contributed by atoms with E-state index in [9.17, 15) is 14.4 Å². The first-order chi connectivity index (χ1) is 14.7. The van der Waals surface area contributed by atoms with Crippen molar-refractivity contribution in [3.05, 3.63) is 69.1 Å². The van der Waals surface area contributed by atoms with E-state index in [1.54, 1.807) is 45.2 Å². The number of rotatable bonds is 6. The van der Waals surface area contributed by atoms with E-state index in [1.807, 2.05) is 26.0 Å². The van der Waals surface area contributed by atoms with Crippen LogP contribution in [0, 0.1) is 20.8 Å². The van der Waals surface area contributed by atoms with Gasteiger partial charge in [0, 0.05) is 18.3 Å². The minimum Gasteiger partial charge on any atom is -0.480 e. The molecule has 1 heterocycles. The zero-order valence-electron chi connectivity index (χ0n) is 18.3. The van der Waals surface area contributed by atoms with Crippen LogP contribution in [-0.4, -0.2) is 25.0 Å². The number of nitrogens with one attached hydrogen (secondary N) is 2. The number of fused-ring (bicyclic) bond motifs is 1. The maximum atomic E-state index is 12.8. The number of para-hydroxylation sites is 1. The average Bonchev–Trinajstić information content (AvgIpc) is 2.72. The molecule has 0 aliphatic carbocycles. The first-order valence-electron chi connectivity index (χ1n) is 10.0. The smallest absolute Gasteiger partial charge is 0.339 e. The van der Waals surface area contributed by atoms with Gasteiger partial charge in [0.15, 0.2) is 6.10 Å². The Morgan fingerprint density at radius 2 is 1.81 bits per heavy atom. The van der Waals surface area contributed by atoms with Gasteiger partial charge in [0.05, 0.1) is 11.8 Å². The number of hydrogen-bond donors (Lipinski definition) is 2. The van der Waals surface area contributed by atoms with E-state index in [1.165, 1.54) is 0 Å². The fourth-order valence-corrected chi connectivity index (χ4v) is 3.32. The van der Waals surface area contributed by atoms with Crippen LogP contribution >= 0.6 is 0 Å². The van der Waals surface area contributed by atoms with E-state index in [0.717, 1.165) is 11.1 Å². The molecular formula is C24H26N2O5. The lowest BCUT2D eigenvalue weighted by molar-refractivity contribution is -0.122. The first-order valence-corrected chi connectivity index (χ1v) is 10.0. The third kappa shape index (κ3) is 4.77. The van der Waals surface area contributed by atoms with Crippen LogP contribution in [0.2, 0.25) is 0 Å². The van der Waals surface area contributed by atoms with Crippen molar-refractivity contribution in [1.82, 2.24) is 5.32 Å². The Morgan fingerprint density at radius 3 is 2.52 bits per heavy atom. The second-order valence-corrected chi connectivity index (χ2v) is 7.53. The van der Waals surface area contributed by atoms with Crippen LogP contribution in [0.25, 0.3) is 11.0 Å². The second kappa shape index (κ2) is 9.04. The van der Waals surface area contributed by atoms with Crippen molar-refractivity contribution in [2.24, 2.45) is 0 Å². The van der Waals surface area contributed by atoms with Crippen molar-refractivity contribution in [2.75, 3.05) is 12.4 Å². The summed E-state index contributed by atoms with van der Waals surface area (Å²) in [7, 11) is 1.57. The lowest BCUT2D eigenvalue weighted by Gasteiger charge is -2.18. The Morgan fingerprint density at radius 1 is 1.10 bits per heavy atom. The van der Waals surface area contributed by atoms with Gasteiger partial charge in [-0.25, -0.2) is 4.79 Å². The van der Waals surface area contributed by atoms with Gasteiger partial charge >= 0.3 is 5.63 Å². The molecule has 0 fully saturated rings. The van der Waals surface area contributed by atoms with Crippen LogP contribution in [0.3, 0.4) is 0 Å². The number of carbonyl (C=O) groups excluding carboxylic acids is 2. The van der Waals surface area contributed by atoms with Crippen molar-refractivity contribution in [3.8, 4) is 5.75 Å². The van der Waals surface area contributed by atoms with E-state index < -0.39 is 6.10 Å². The average molecular weight is 422 g/mol. The summed E-state index contributed by atoms with van der Waals surface area (Å²) in [5.74, 6) is -0.0315. The molecule has 3 rings (SSSR count). The summed E-state index contributed by atoms with van der Waals surface area (Å²) in [5, 5.41) is 6.09. The Labute approximate surface area is 180 Å². The third-order valence-corrected chi connectivity index (χ3v) is 5.23. The predicted molar refractivity (Wildman–Crippen MR) is 120 cm³/mol. The fraction of sp³-hybridized carbons (Fsp3) is 0.292. The van der Waals surface area contributed by atoms with Gasteiger partial charge in [-0.1, -0.05) is 18.2 Å². The van der Waals surface area contributed by atoms with E-state index in [-0.39, 0.29) is 23.9 Å². The van der Waals surface area contributed by atoms with E-state index in [0.29, 0.717) is 33.5 Å². The summed E-state index contributed by atoms with van der Waals surface area (Å²) >= 11 is 0. The summed E-state index contributed by atoms with van der Waals surface area (Å²) in [6.07, 6.45) is -0.674. The second-order valence-electron chi connectivity index (χ2n) is 7.53. The number of likely N-dealkylation sites (N-methyl/N-ethyl adjacent to an activating group) is 1. The zero-order chi connectivity index (χ0) is 22.7. The molecule has 2 aromatic carbocycles. The molecule has 2 N–H and O–H groups in total. The maximum absolute atomic E-state index is 12.8. The molecule has 0 aliphatic heterocycles. The van der Waals surface area contributed by atoms with E-state index in [2.05, 4.69) is 10.6 Å². The molecule has 0 bridgehead atoms. The molecule has 0 spiro atoms. The normalized spacial score (nSPS) is 11.8. The molecule has 0 saturated carbocycles. The molecule has 3 aromatic rings. The standard InChI is InChI=1S/C24H26N2O5/c1-13-10-19(22-14(2)15(3)24(29)31-20(22)11-13)30-16(4)23(28)26-18-9-7-6-8-17(18)12-21(27)25-5/h6-11,16H,12H2,1-5H3,(H,25,27)(H,26,28). The first kappa shape index (κ1) is 22.1. The molecule has 1 unspecified atom stereocenters.